The van der Waals surface area contributed by atoms with E-state index in [1.165, 1.54) is 19.3 Å². The minimum absolute atomic E-state index is 0.0314. The van der Waals surface area contributed by atoms with E-state index in [-0.39, 0.29) is 11.8 Å². The Balaban J connectivity index is 1.48. The molecule has 7 heteroatoms. The molecule has 2 aromatic rings. The van der Waals surface area contributed by atoms with Crippen molar-refractivity contribution in [1.82, 2.24) is 24.8 Å². The summed E-state index contributed by atoms with van der Waals surface area (Å²) in [7, 11) is 0. The number of nitrogens with one attached hydrogen (secondary N) is 1. The number of imidazole rings is 1. The van der Waals surface area contributed by atoms with Crippen molar-refractivity contribution in [3.8, 4) is 0 Å². The highest BCUT2D eigenvalue weighted by Crippen LogP contribution is 2.26. The van der Waals surface area contributed by atoms with E-state index in [0.29, 0.717) is 12.1 Å². The number of H-pyrrole nitrogens is 1. The number of nitrogens with zero attached hydrogens (tertiary/aromatic N) is 5. The quantitative estimate of drug-likeness (QED) is 0.916. The van der Waals surface area contributed by atoms with Crippen LogP contribution in [0.5, 0.6) is 0 Å². The summed E-state index contributed by atoms with van der Waals surface area (Å²) in [5, 5.41) is 0. The maximum Gasteiger partial charge on any atom is 0.257 e. The van der Waals surface area contributed by atoms with Gasteiger partial charge in [-0.1, -0.05) is 0 Å². The zero-order valence-electron chi connectivity index (χ0n) is 15.3. The van der Waals surface area contributed by atoms with E-state index in [0.717, 1.165) is 49.9 Å². The molecule has 0 spiro atoms. The van der Waals surface area contributed by atoms with Crippen LogP contribution in [-0.4, -0.2) is 56.9 Å². The predicted molar refractivity (Wildman–Crippen MR) is 99.3 cm³/mol. The number of amides is 1. The van der Waals surface area contributed by atoms with Gasteiger partial charge in [-0.2, -0.15) is 0 Å². The van der Waals surface area contributed by atoms with E-state index in [4.69, 9.17) is 0 Å². The molecule has 0 aliphatic carbocycles. The second-order valence-corrected chi connectivity index (χ2v) is 7.28. The van der Waals surface area contributed by atoms with Gasteiger partial charge in [-0.25, -0.2) is 15.0 Å². The SMILES string of the molecule is Cc1nc(N2CCCCC2)ncc1C(=O)N1CCCC(c2ncc[nH]2)C1. The lowest BCUT2D eigenvalue weighted by Crippen LogP contribution is -2.40. The average molecular weight is 354 g/mol. The molecular formula is C19H26N6O. The first kappa shape index (κ1) is 17.0. The fraction of sp³-hybridized carbons (Fsp3) is 0.579. The minimum Gasteiger partial charge on any atom is -0.348 e. The molecule has 1 N–H and O–H groups in total. The normalized spacial score (nSPS) is 21.0. The van der Waals surface area contributed by atoms with Crippen LogP contribution in [0.2, 0.25) is 0 Å². The van der Waals surface area contributed by atoms with Crippen LogP contribution in [0.15, 0.2) is 18.6 Å². The molecule has 2 fully saturated rings. The van der Waals surface area contributed by atoms with E-state index >= 15 is 0 Å². The molecule has 0 radical (unpaired) electrons. The molecule has 138 valence electrons. The van der Waals surface area contributed by atoms with Gasteiger partial charge in [0.15, 0.2) is 0 Å². The van der Waals surface area contributed by atoms with Crippen molar-refractivity contribution in [3.63, 3.8) is 0 Å². The molecule has 0 bridgehead atoms. The summed E-state index contributed by atoms with van der Waals surface area (Å²) in [6.07, 6.45) is 11.0. The highest BCUT2D eigenvalue weighted by Gasteiger charge is 2.28. The first-order valence-electron chi connectivity index (χ1n) is 9.59. The Morgan fingerprint density at radius 3 is 2.73 bits per heavy atom. The van der Waals surface area contributed by atoms with Gasteiger partial charge in [-0.05, 0) is 39.0 Å². The fourth-order valence-corrected chi connectivity index (χ4v) is 3.97. The maximum atomic E-state index is 13.0. The Hall–Kier alpha value is -2.44. The van der Waals surface area contributed by atoms with Gasteiger partial charge in [0, 0.05) is 50.7 Å². The Morgan fingerprint density at radius 2 is 2.00 bits per heavy atom. The zero-order chi connectivity index (χ0) is 17.9. The summed E-state index contributed by atoms with van der Waals surface area (Å²) < 4.78 is 0. The number of aromatic amines is 1. The molecule has 1 unspecified atom stereocenters. The van der Waals surface area contributed by atoms with Gasteiger partial charge in [-0.15, -0.1) is 0 Å². The van der Waals surface area contributed by atoms with Gasteiger partial charge in [-0.3, -0.25) is 4.79 Å². The number of carbonyl (C=O) groups is 1. The summed E-state index contributed by atoms with van der Waals surface area (Å²) >= 11 is 0. The van der Waals surface area contributed by atoms with Crippen molar-refractivity contribution < 1.29 is 4.79 Å². The third kappa shape index (κ3) is 3.43. The third-order valence-electron chi connectivity index (χ3n) is 5.45. The standard InChI is InChI=1S/C19H26N6O/c1-14-16(12-22-19(23-14)24-9-3-2-4-10-24)18(26)25-11-5-6-15(13-25)17-20-7-8-21-17/h7-8,12,15H,2-6,9-11,13H2,1H3,(H,20,21). The van der Waals surface area contributed by atoms with E-state index in [1.54, 1.807) is 12.4 Å². The average Bonchev–Trinajstić information content (AvgIpc) is 3.23. The molecule has 2 aromatic heterocycles. The largest absolute Gasteiger partial charge is 0.348 e. The fourth-order valence-electron chi connectivity index (χ4n) is 3.97. The zero-order valence-corrected chi connectivity index (χ0v) is 15.3. The lowest BCUT2D eigenvalue weighted by atomic mass is 9.96. The van der Waals surface area contributed by atoms with E-state index in [2.05, 4.69) is 24.8 Å². The van der Waals surface area contributed by atoms with E-state index in [9.17, 15) is 4.79 Å². The summed E-state index contributed by atoms with van der Waals surface area (Å²) in [4.78, 5) is 33.8. The van der Waals surface area contributed by atoms with Crippen LogP contribution in [-0.2, 0) is 0 Å². The molecule has 7 nitrogen and oxygen atoms in total. The first-order chi connectivity index (χ1) is 12.7. The molecule has 4 heterocycles. The molecule has 1 atom stereocenters. The third-order valence-corrected chi connectivity index (χ3v) is 5.45. The van der Waals surface area contributed by atoms with Gasteiger partial charge in [0.05, 0.1) is 11.3 Å². The van der Waals surface area contributed by atoms with Crippen LogP contribution in [0.1, 0.15) is 59.9 Å². The molecule has 4 rings (SSSR count). The van der Waals surface area contributed by atoms with E-state index < -0.39 is 0 Å². The molecule has 0 aromatic carbocycles. The van der Waals surface area contributed by atoms with Gasteiger partial charge in [0.2, 0.25) is 5.95 Å². The Kier molecular flexibility index (Phi) is 4.86. The van der Waals surface area contributed by atoms with Crippen molar-refractivity contribution in [2.45, 2.75) is 44.9 Å². The first-order valence-corrected chi connectivity index (χ1v) is 9.59. The molecule has 0 saturated carbocycles. The molecule has 26 heavy (non-hydrogen) atoms. The van der Waals surface area contributed by atoms with E-state index in [1.807, 2.05) is 18.0 Å². The number of likely N-dealkylation sites (tertiary alicyclic amines) is 1. The number of rotatable bonds is 3. The highest BCUT2D eigenvalue weighted by molar-refractivity contribution is 5.95. The molecule has 2 aliphatic heterocycles. The minimum atomic E-state index is 0.0314. The molecular weight excluding hydrogens is 328 g/mol. The number of aromatic nitrogens is 4. The molecule has 1 amide bonds. The van der Waals surface area contributed by atoms with Crippen LogP contribution in [0, 0.1) is 6.92 Å². The summed E-state index contributed by atoms with van der Waals surface area (Å²) in [6, 6.07) is 0. The maximum absolute atomic E-state index is 13.0. The number of hydrogen-bond acceptors (Lipinski definition) is 5. The Bertz CT molecular complexity index is 753. The molecule has 2 aliphatic rings. The van der Waals surface area contributed by atoms with Crippen molar-refractivity contribution in [3.05, 3.63) is 35.7 Å². The van der Waals surface area contributed by atoms with Gasteiger partial charge < -0.3 is 14.8 Å². The summed E-state index contributed by atoms with van der Waals surface area (Å²) in [5.41, 5.74) is 1.39. The number of aryl methyl sites for hydroxylation is 1. The van der Waals surface area contributed by atoms with Crippen molar-refractivity contribution in [2.75, 3.05) is 31.1 Å². The van der Waals surface area contributed by atoms with Crippen LogP contribution in [0.4, 0.5) is 5.95 Å². The smallest absolute Gasteiger partial charge is 0.257 e. The van der Waals surface area contributed by atoms with Crippen molar-refractivity contribution in [1.29, 1.82) is 0 Å². The van der Waals surface area contributed by atoms with Crippen LogP contribution >= 0.6 is 0 Å². The van der Waals surface area contributed by atoms with Crippen LogP contribution in [0.3, 0.4) is 0 Å². The van der Waals surface area contributed by atoms with Crippen LogP contribution < -0.4 is 4.90 Å². The molecule has 2 saturated heterocycles. The second kappa shape index (κ2) is 7.43. The summed E-state index contributed by atoms with van der Waals surface area (Å²) in [5.74, 6) is 2.03. The Morgan fingerprint density at radius 1 is 1.15 bits per heavy atom. The number of anilines is 1. The lowest BCUT2D eigenvalue weighted by Gasteiger charge is -2.32. The van der Waals surface area contributed by atoms with Crippen molar-refractivity contribution >= 4 is 11.9 Å². The summed E-state index contributed by atoms with van der Waals surface area (Å²) in [6.45, 7) is 5.40. The van der Waals surface area contributed by atoms with Gasteiger partial charge >= 0.3 is 0 Å². The number of carbonyl (C=O) groups excluding carboxylic acids is 1. The Labute approximate surface area is 153 Å². The van der Waals surface area contributed by atoms with Gasteiger partial charge in [0.25, 0.3) is 5.91 Å². The number of piperidine rings is 2. The predicted octanol–water partition coefficient (Wildman–Crippen LogP) is 2.52. The number of hydrogen-bond donors (Lipinski definition) is 1. The topological polar surface area (TPSA) is 78.0 Å². The van der Waals surface area contributed by atoms with Crippen molar-refractivity contribution in [2.24, 2.45) is 0 Å². The van der Waals surface area contributed by atoms with Gasteiger partial charge in [0.1, 0.15) is 5.82 Å². The highest BCUT2D eigenvalue weighted by atomic mass is 16.2. The second-order valence-electron chi connectivity index (χ2n) is 7.28. The van der Waals surface area contributed by atoms with Crippen LogP contribution in [0.25, 0.3) is 0 Å². The monoisotopic (exact) mass is 354 g/mol. The lowest BCUT2D eigenvalue weighted by molar-refractivity contribution is 0.0703.